The Morgan fingerprint density at radius 3 is 2.80 bits per heavy atom. The molecule has 5 heteroatoms. The van der Waals surface area contributed by atoms with Crippen molar-refractivity contribution in [3.05, 3.63) is 53.1 Å². The van der Waals surface area contributed by atoms with E-state index in [1.54, 1.807) is 12.1 Å². The average molecular weight is 286 g/mol. The SMILES string of the molecule is Cn1cc(-c2ccc(Cl)c(F)c2)c2ccc(C#N)nc21. The molecule has 0 aliphatic rings. The van der Waals surface area contributed by atoms with Gasteiger partial charge in [-0.2, -0.15) is 5.26 Å². The molecule has 3 aromatic rings. The zero-order valence-corrected chi connectivity index (χ0v) is 11.3. The maximum absolute atomic E-state index is 13.6. The summed E-state index contributed by atoms with van der Waals surface area (Å²) in [6.07, 6.45) is 1.86. The fourth-order valence-electron chi connectivity index (χ4n) is 2.21. The number of hydrogen-bond acceptors (Lipinski definition) is 2. The topological polar surface area (TPSA) is 41.6 Å². The molecule has 0 aliphatic carbocycles. The van der Waals surface area contributed by atoms with Gasteiger partial charge in [0.2, 0.25) is 0 Å². The summed E-state index contributed by atoms with van der Waals surface area (Å²) >= 11 is 5.70. The Balaban J connectivity index is 2.27. The van der Waals surface area contributed by atoms with Gasteiger partial charge >= 0.3 is 0 Å². The number of nitriles is 1. The molecular formula is C15H9ClFN3. The summed E-state index contributed by atoms with van der Waals surface area (Å²) in [5, 5.41) is 9.86. The largest absolute Gasteiger partial charge is 0.335 e. The maximum Gasteiger partial charge on any atom is 0.142 e. The van der Waals surface area contributed by atoms with Gasteiger partial charge in [-0.3, -0.25) is 0 Å². The fraction of sp³-hybridized carbons (Fsp3) is 0.0667. The maximum atomic E-state index is 13.6. The zero-order valence-electron chi connectivity index (χ0n) is 10.6. The van der Waals surface area contributed by atoms with E-state index in [0.717, 1.165) is 16.5 Å². The Morgan fingerprint density at radius 1 is 1.30 bits per heavy atom. The van der Waals surface area contributed by atoms with Crippen LogP contribution in [0.25, 0.3) is 22.2 Å². The molecule has 0 spiro atoms. The van der Waals surface area contributed by atoms with E-state index in [1.165, 1.54) is 12.1 Å². The molecule has 0 atom stereocenters. The van der Waals surface area contributed by atoms with Gasteiger partial charge in [-0.1, -0.05) is 17.7 Å². The van der Waals surface area contributed by atoms with E-state index in [1.807, 2.05) is 29.9 Å². The standard InChI is InChI=1S/C15H9ClFN3/c1-20-8-12(9-2-5-13(16)14(17)6-9)11-4-3-10(7-18)19-15(11)20/h2-6,8H,1H3. The Labute approximate surface area is 119 Å². The van der Waals surface area contributed by atoms with Crippen LogP contribution in [-0.4, -0.2) is 9.55 Å². The fourth-order valence-corrected chi connectivity index (χ4v) is 2.33. The number of rotatable bonds is 1. The number of hydrogen-bond donors (Lipinski definition) is 0. The number of nitrogens with zero attached hydrogens (tertiary/aromatic N) is 3. The predicted octanol–water partition coefficient (Wildman–Crippen LogP) is 3.90. The van der Waals surface area contributed by atoms with E-state index in [0.29, 0.717) is 11.3 Å². The van der Waals surface area contributed by atoms with E-state index in [9.17, 15) is 4.39 Å². The van der Waals surface area contributed by atoms with E-state index >= 15 is 0 Å². The lowest BCUT2D eigenvalue weighted by atomic mass is 10.1. The first-order valence-corrected chi connectivity index (χ1v) is 6.29. The Kier molecular flexibility index (Phi) is 2.92. The van der Waals surface area contributed by atoms with Crippen molar-refractivity contribution in [1.29, 1.82) is 5.26 Å². The molecule has 0 aliphatic heterocycles. The molecule has 0 bridgehead atoms. The summed E-state index contributed by atoms with van der Waals surface area (Å²) in [5.41, 5.74) is 2.63. The van der Waals surface area contributed by atoms with Crippen molar-refractivity contribution in [2.24, 2.45) is 7.05 Å². The molecule has 0 amide bonds. The molecule has 0 fully saturated rings. The van der Waals surface area contributed by atoms with Crippen LogP contribution in [0.3, 0.4) is 0 Å². The molecule has 20 heavy (non-hydrogen) atoms. The minimum absolute atomic E-state index is 0.0962. The molecule has 2 heterocycles. The van der Waals surface area contributed by atoms with Gasteiger partial charge in [0.05, 0.1) is 5.02 Å². The van der Waals surface area contributed by atoms with Crippen molar-refractivity contribution in [3.63, 3.8) is 0 Å². The van der Waals surface area contributed by atoms with Gasteiger partial charge in [-0.15, -0.1) is 0 Å². The minimum Gasteiger partial charge on any atom is -0.335 e. The number of pyridine rings is 1. The van der Waals surface area contributed by atoms with Crippen molar-refractivity contribution < 1.29 is 4.39 Å². The lowest BCUT2D eigenvalue weighted by molar-refractivity contribution is 0.629. The lowest BCUT2D eigenvalue weighted by Crippen LogP contribution is -1.89. The predicted molar refractivity (Wildman–Crippen MR) is 75.8 cm³/mol. The van der Waals surface area contributed by atoms with Crippen LogP contribution in [0.5, 0.6) is 0 Å². The Morgan fingerprint density at radius 2 is 2.10 bits per heavy atom. The second-order valence-corrected chi connectivity index (χ2v) is 4.87. The van der Waals surface area contributed by atoms with Crippen molar-refractivity contribution in [3.8, 4) is 17.2 Å². The summed E-state index contributed by atoms with van der Waals surface area (Å²) in [5.74, 6) is -0.456. The molecular weight excluding hydrogens is 277 g/mol. The van der Waals surface area contributed by atoms with E-state index in [2.05, 4.69) is 4.98 Å². The van der Waals surface area contributed by atoms with Crippen LogP contribution >= 0.6 is 11.6 Å². The van der Waals surface area contributed by atoms with Crippen LogP contribution in [0, 0.1) is 17.1 Å². The van der Waals surface area contributed by atoms with Gasteiger partial charge in [0.15, 0.2) is 0 Å². The summed E-state index contributed by atoms with van der Waals surface area (Å²) in [7, 11) is 1.84. The third kappa shape index (κ3) is 1.93. The first-order valence-electron chi connectivity index (χ1n) is 5.92. The summed E-state index contributed by atoms with van der Waals surface area (Å²) < 4.78 is 15.4. The smallest absolute Gasteiger partial charge is 0.142 e. The summed E-state index contributed by atoms with van der Waals surface area (Å²) in [4.78, 5) is 4.26. The van der Waals surface area contributed by atoms with Gasteiger partial charge in [0, 0.05) is 24.2 Å². The van der Waals surface area contributed by atoms with Gasteiger partial charge in [-0.05, 0) is 29.8 Å². The normalized spacial score (nSPS) is 10.7. The molecule has 3 nitrogen and oxygen atoms in total. The molecule has 98 valence electrons. The van der Waals surface area contributed by atoms with E-state index in [4.69, 9.17) is 16.9 Å². The highest BCUT2D eigenvalue weighted by molar-refractivity contribution is 6.30. The first kappa shape index (κ1) is 12.6. The highest BCUT2D eigenvalue weighted by Gasteiger charge is 2.12. The van der Waals surface area contributed by atoms with Crippen LogP contribution < -0.4 is 0 Å². The number of benzene rings is 1. The third-order valence-electron chi connectivity index (χ3n) is 3.17. The van der Waals surface area contributed by atoms with Gasteiger partial charge in [0.25, 0.3) is 0 Å². The molecule has 0 N–H and O–H groups in total. The second kappa shape index (κ2) is 4.62. The first-order chi connectivity index (χ1) is 9.60. The zero-order chi connectivity index (χ0) is 14.3. The summed E-state index contributed by atoms with van der Waals surface area (Å²) in [6.45, 7) is 0. The van der Waals surface area contributed by atoms with Crippen molar-refractivity contribution in [1.82, 2.24) is 9.55 Å². The molecule has 1 aromatic carbocycles. The number of halogens is 2. The van der Waals surface area contributed by atoms with Gasteiger partial charge < -0.3 is 4.57 Å². The molecule has 0 saturated heterocycles. The van der Waals surface area contributed by atoms with Crippen LogP contribution in [-0.2, 0) is 7.05 Å². The quantitative estimate of drug-likeness (QED) is 0.680. The van der Waals surface area contributed by atoms with Crippen LogP contribution in [0.2, 0.25) is 5.02 Å². The average Bonchev–Trinajstić information content (AvgIpc) is 2.79. The summed E-state index contributed by atoms with van der Waals surface area (Å²) in [6, 6.07) is 10.2. The Hall–Kier alpha value is -2.38. The highest BCUT2D eigenvalue weighted by atomic mass is 35.5. The highest BCUT2D eigenvalue weighted by Crippen LogP contribution is 2.31. The molecule has 0 saturated carbocycles. The van der Waals surface area contributed by atoms with Crippen LogP contribution in [0.1, 0.15) is 5.69 Å². The van der Waals surface area contributed by atoms with Crippen molar-refractivity contribution >= 4 is 22.6 Å². The molecule has 0 radical (unpaired) electrons. The van der Waals surface area contributed by atoms with E-state index in [-0.39, 0.29) is 5.02 Å². The number of aryl methyl sites for hydroxylation is 1. The number of aromatic nitrogens is 2. The monoisotopic (exact) mass is 285 g/mol. The van der Waals surface area contributed by atoms with Crippen LogP contribution in [0.4, 0.5) is 4.39 Å². The third-order valence-corrected chi connectivity index (χ3v) is 3.47. The molecule has 0 unspecified atom stereocenters. The van der Waals surface area contributed by atoms with E-state index < -0.39 is 5.82 Å². The minimum atomic E-state index is -0.456. The van der Waals surface area contributed by atoms with Gasteiger partial charge in [-0.25, -0.2) is 9.37 Å². The molecule has 2 aromatic heterocycles. The van der Waals surface area contributed by atoms with Gasteiger partial charge in [0.1, 0.15) is 23.2 Å². The van der Waals surface area contributed by atoms with Crippen LogP contribution in [0.15, 0.2) is 36.5 Å². The lowest BCUT2D eigenvalue weighted by Gasteiger charge is -2.01. The second-order valence-electron chi connectivity index (χ2n) is 4.46. The number of fused-ring (bicyclic) bond motifs is 1. The van der Waals surface area contributed by atoms with Crippen molar-refractivity contribution in [2.45, 2.75) is 0 Å². The molecule has 3 rings (SSSR count). The Bertz CT molecular complexity index is 861. The van der Waals surface area contributed by atoms with Crippen molar-refractivity contribution in [2.75, 3.05) is 0 Å².